The Labute approximate surface area is 155 Å². The van der Waals surface area contributed by atoms with Gasteiger partial charge in [0.15, 0.2) is 17.8 Å². The lowest BCUT2D eigenvalue weighted by atomic mass is 9.89. The Bertz CT molecular complexity index is 968. The topological polar surface area (TPSA) is 82.9 Å². The Morgan fingerprint density at radius 2 is 1.96 bits per heavy atom. The summed E-state index contributed by atoms with van der Waals surface area (Å²) in [6.07, 6.45) is 4.90. The van der Waals surface area contributed by atoms with Crippen molar-refractivity contribution in [3.05, 3.63) is 59.5 Å². The highest BCUT2D eigenvalue weighted by Crippen LogP contribution is 2.30. The lowest BCUT2D eigenvalue weighted by molar-refractivity contribution is 0.458. The molecule has 0 radical (unpaired) electrons. The summed E-state index contributed by atoms with van der Waals surface area (Å²) in [6.45, 7) is 8.83. The number of rotatable bonds is 4. The summed E-state index contributed by atoms with van der Waals surface area (Å²) in [5.74, 6) is 1.33. The van der Waals surface area contributed by atoms with Gasteiger partial charge in [0, 0.05) is 11.6 Å². The van der Waals surface area contributed by atoms with Crippen molar-refractivity contribution >= 4 is 17.5 Å². The van der Waals surface area contributed by atoms with Crippen LogP contribution in [0.4, 0.5) is 21.8 Å². The van der Waals surface area contributed by atoms with E-state index in [4.69, 9.17) is 6.57 Å². The molecule has 3 aromatic rings. The van der Waals surface area contributed by atoms with Gasteiger partial charge in [0.1, 0.15) is 5.82 Å². The summed E-state index contributed by atoms with van der Waals surface area (Å²) in [5, 5.41) is 13.3. The molecule has 3 heterocycles. The first-order chi connectivity index (χ1) is 13.2. The smallest absolute Gasteiger partial charge is 0.288 e. The Morgan fingerprint density at radius 1 is 1.11 bits per heavy atom. The van der Waals surface area contributed by atoms with E-state index in [-0.39, 0.29) is 11.6 Å². The zero-order chi connectivity index (χ0) is 18.6. The first-order valence-corrected chi connectivity index (χ1v) is 8.75. The van der Waals surface area contributed by atoms with Crippen LogP contribution < -0.4 is 10.6 Å². The molecule has 0 saturated carbocycles. The number of hydrogen-bond donors (Lipinski definition) is 3. The number of aromatic nitrogens is 4. The predicted octanol–water partition coefficient (Wildman–Crippen LogP) is 3.77. The van der Waals surface area contributed by atoms with Gasteiger partial charge >= 0.3 is 0 Å². The van der Waals surface area contributed by atoms with E-state index in [0.29, 0.717) is 28.8 Å². The summed E-state index contributed by atoms with van der Waals surface area (Å²) in [7, 11) is 0. The van der Waals surface area contributed by atoms with Crippen LogP contribution in [0.5, 0.6) is 0 Å². The number of H-pyrrole nitrogens is 1. The van der Waals surface area contributed by atoms with Crippen LogP contribution in [0.25, 0.3) is 16.1 Å². The number of nitrogens with zero attached hydrogens (tertiary/aromatic N) is 4. The Balaban J connectivity index is 1.51. The van der Waals surface area contributed by atoms with E-state index < -0.39 is 0 Å². The van der Waals surface area contributed by atoms with Crippen molar-refractivity contribution in [3.63, 3.8) is 0 Å². The Morgan fingerprint density at radius 3 is 2.67 bits per heavy atom. The minimum Gasteiger partial charge on any atom is -0.359 e. The minimum absolute atomic E-state index is 0.221. The number of hydrogen-bond acceptors (Lipinski definition) is 5. The van der Waals surface area contributed by atoms with Crippen molar-refractivity contribution in [1.82, 2.24) is 25.5 Å². The number of halogens is 1. The molecule has 0 bridgehead atoms. The minimum atomic E-state index is -0.262. The van der Waals surface area contributed by atoms with Crippen LogP contribution >= 0.6 is 0 Å². The molecule has 1 aliphatic heterocycles. The van der Waals surface area contributed by atoms with Crippen molar-refractivity contribution in [2.24, 2.45) is 0 Å². The molecule has 0 unspecified atom stereocenters. The summed E-state index contributed by atoms with van der Waals surface area (Å²) >= 11 is 0. The van der Waals surface area contributed by atoms with Gasteiger partial charge in [-0.2, -0.15) is 5.10 Å². The van der Waals surface area contributed by atoms with Crippen molar-refractivity contribution in [2.75, 3.05) is 18.4 Å². The van der Waals surface area contributed by atoms with Gasteiger partial charge < -0.3 is 15.5 Å². The van der Waals surface area contributed by atoms with E-state index in [1.165, 1.54) is 12.4 Å². The highest BCUT2D eigenvalue weighted by Gasteiger charge is 2.17. The summed E-state index contributed by atoms with van der Waals surface area (Å²) in [5.41, 5.74) is 2.10. The lowest BCUT2D eigenvalue weighted by Gasteiger charge is -2.23. The molecule has 1 aliphatic rings. The van der Waals surface area contributed by atoms with Gasteiger partial charge in [0.05, 0.1) is 11.9 Å². The molecule has 2 aromatic heterocycles. The molecule has 1 fully saturated rings. The molecule has 27 heavy (non-hydrogen) atoms. The van der Waals surface area contributed by atoms with Crippen LogP contribution in [-0.4, -0.2) is 33.3 Å². The average molecular weight is 363 g/mol. The predicted molar refractivity (Wildman–Crippen MR) is 100 cm³/mol. The number of benzene rings is 1. The molecule has 8 heteroatoms. The maximum Gasteiger partial charge on any atom is 0.288 e. The Hall–Kier alpha value is -3.31. The van der Waals surface area contributed by atoms with Crippen LogP contribution in [0.15, 0.2) is 36.7 Å². The first-order valence-electron chi connectivity index (χ1n) is 8.75. The van der Waals surface area contributed by atoms with E-state index in [1.807, 2.05) is 6.07 Å². The number of nitrogens with one attached hydrogen (secondary N) is 3. The highest BCUT2D eigenvalue weighted by molar-refractivity contribution is 5.65. The molecular formula is C19H18FN7. The van der Waals surface area contributed by atoms with Gasteiger partial charge in [0.2, 0.25) is 0 Å². The second-order valence-electron chi connectivity index (χ2n) is 6.43. The number of anilines is 2. The third kappa shape index (κ3) is 3.78. The van der Waals surface area contributed by atoms with Crippen molar-refractivity contribution in [1.29, 1.82) is 0 Å². The molecule has 3 N–H and O–H groups in total. The van der Waals surface area contributed by atoms with Crippen molar-refractivity contribution < 1.29 is 4.39 Å². The van der Waals surface area contributed by atoms with Crippen molar-refractivity contribution in [2.45, 2.75) is 18.8 Å². The first kappa shape index (κ1) is 17.1. The zero-order valence-electron chi connectivity index (χ0n) is 14.5. The third-order valence-corrected chi connectivity index (χ3v) is 4.68. The lowest BCUT2D eigenvalue weighted by Crippen LogP contribution is -2.26. The summed E-state index contributed by atoms with van der Waals surface area (Å²) in [4.78, 5) is 11.2. The molecule has 0 atom stereocenters. The second kappa shape index (κ2) is 7.51. The molecule has 136 valence electrons. The maximum atomic E-state index is 14.7. The standard InChI is InChI=1S/C19H18FN7/c1-21-18-10-24-19(11-23-18)25-17-9-16(26-27-17)14-3-2-13(8-15(14)20)12-4-6-22-7-5-12/h2-3,8-12,22H,4-7H2,(H2,24,25,26,27). The van der Waals surface area contributed by atoms with Crippen LogP contribution in [0.2, 0.25) is 0 Å². The fraction of sp³-hybridized carbons (Fsp3) is 0.263. The monoisotopic (exact) mass is 363 g/mol. The fourth-order valence-corrected chi connectivity index (χ4v) is 3.26. The zero-order valence-corrected chi connectivity index (χ0v) is 14.5. The number of aromatic amines is 1. The van der Waals surface area contributed by atoms with Gasteiger partial charge in [-0.1, -0.05) is 12.6 Å². The highest BCUT2D eigenvalue weighted by atomic mass is 19.1. The van der Waals surface area contributed by atoms with Crippen molar-refractivity contribution in [3.8, 4) is 11.3 Å². The van der Waals surface area contributed by atoms with Gasteiger partial charge in [-0.15, -0.1) is 4.98 Å². The molecule has 0 spiro atoms. The molecule has 0 amide bonds. The van der Waals surface area contributed by atoms with Gasteiger partial charge in [-0.25, -0.2) is 9.37 Å². The van der Waals surface area contributed by atoms with Crippen LogP contribution in [-0.2, 0) is 0 Å². The van der Waals surface area contributed by atoms with Gasteiger partial charge in [-0.3, -0.25) is 5.10 Å². The van der Waals surface area contributed by atoms with Crippen LogP contribution in [0.1, 0.15) is 24.3 Å². The third-order valence-electron chi connectivity index (χ3n) is 4.68. The summed E-state index contributed by atoms with van der Waals surface area (Å²) < 4.78 is 14.7. The van der Waals surface area contributed by atoms with E-state index in [0.717, 1.165) is 31.5 Å². The van der Waals surface area contributed by atoms with E-state index >= 15 is 0 Å². The quantitative estimate of drug-likeness (QED) is 0.615. The molecule has 4 rings (SSSR count). The SMILES string of the molecule is [C-]#[N+]c1cnc(Nc2cc(-c3ccc(C4CCNCC4)cc3F)[nH]n2)cn1. The largest absolute Gasteiger partial charge is 0.359 e. The van der Waals surface area contributed by atoms with Gasteiger partial charge in [0.25, 0.3) is 5.82 Å². The van der Waals surface area contributed by atoms with Crippen LogP contribution in [0.3, 0.4) is 0 Å². The Kier molecular flexibility index (Phi) is 4.77. The molecular weight excluding hydrogens is 345 g/mol. The fourth-order valence-electron chi connectivity index (χ4n) is 3.26. The van der Waals surface area contributed by atoms with E-state index in [1.54, 1.807) is 18.2 Å². The molecule has 1 saturated heterocycles. The summed E-state index contributed by atoms with van der Waals surface area (Å²) in [6, 6.07) is 7.14. The van der Waals surface area contributed by atoms with E-state index in [2.05, 4.69) is 35.6 Å². The van der Waals surface area contributed by atoms with E-state index in [9.17, 15) is 4.39 Å². The molecule has 0 aliphatic carbocycles. The maximum absolute atomic E-state index is 14.7. The molecule has 1 aromatic carbocycles. The normalized spacial score (nSPS) is 14.7. The average Bonchev–Trinajstić information content (AvgIpc) is 3.17. The number of piperidine rings is 1. The second-order valence-corrected chi connectivity index (χ2v) is 6.43. The van der Waals surface area contributed by atoms with Crippen LogP contribution in [0, 0.1) is 12.4 Å². The molecule has 7 nitrogen and oxygen atoms in total. The van der Waals surface area contributed by atoms with Gasteiger partial charge in [-0.05, 0) is 49.5 Å².